The highest BCUT2D eigenvalue weighted by Gasteiger charge is 2.46. The summed E-state index contributed by atoms with van der Waals surface area (Å²) in [4.78, 5) is 43.5. The number of allylic oxidation sites excluding steroid dienone is 1. The van der Waals surface area contributed by atoms with Crippen molar-refractivity contribution in [1.82, 2.24) is 15.1 Å². The van der Waals surface area contributed by atoms with Crippen LogP contribution in [0.4, 0.5) is 4.79 Å². The average molecular weight is 538 g/mol. The molecule has 212 valence electrons. The summed E-state index contributed by atoms with van der Waals surface area (Å²) in [5, 5.41) is 3.67. The number of nitrogens with one attached hydrogen (secondary N) is 1. The summed E-state index contributed by atoms with van der Waals surface area (Å²) in [6, 6.07) is 5.29. The topological polar surface area (TPSA) is 88.2 Å². The lowest BCUT2D eigenvalue weighted by Crippen LogP contribution is -2.55. The molecular weight excluding hydrogens is 494 g/mol. The lowest BCUT2D eigenvalue weighted by molar-refractivity contribution is -0.152. The maximum atomic E-state index is 14.1. The third-order valence-electron chi connectivity index (χ3n) is 8.97. The zero-order valence-corrected chi connectivity index (χ0v) is 23.4. The van der Waals surface area contributed by atoms with Crippen molar-refractivity contribution < 1.29 is 23.9 Å². The van der Waals surface area contributed by atoms with Gasteiger partial charge in [-0.25, -0.2) is 9.59 Å². The molecule has 0 spiro atoms. The lowest BCUT2D eigenvalue weighted by atomic mass is 9.82. The van der Waals surface area contributed by atoms with E-state index in [0.717, 1.165) is 68.1 Å². The molecule has 4 aliphatic rings. The fourth-order valence-electron chi connectivity index (χ4n) is 6.80. The van der Waals surface area contributed by atoms with E-state index in [1.54, 1.807) is 9.80 Å². The van der Waals surface area contributed by atoms with E-state index in [1.807, 2.05) is 6.07 Å². The second kappa shape index (κ2) is 12.5. The highest BCUT2D eigenvalue weighted by Crippen LogP contribution is 2.32. The Bertz CT molecular complexity index is 1080. The van der Waals surface area contributed by atoms with Crippen molar-refractivity contribution >= 4 is 24.0 Å². The number of carbonyl (C=O) groups is 3. The van der Waals surface area contributed by atoms with Gasteiger partial charge < -0.3 is 19.7 Å². The fourth-order valence-corrected chi connectivity index (χ4v) is 6.80. The predicted octanol–water partition coefficient (Wildman–Crippen LogP) is 4.80. The molecule has 4 bridgehead atoms. The quantitative estimate of drug-likeness (QED) is 0.546. The van der Waals surface area contributed by atoms with Gasteiger partial charge in [0.15, 0.2) is 0 Å². The van der Waals surface area contributed by atoms with Gasteiger partial charge in [-0.05, 0) is 61.6 Å². The molecule has 2 fully saturated rings. The highest BCUT2D eigenvalue weighted by molar-refractivity contribution is 5.88. The van der Waals surface area contributed by atoms with Crippen molar-refractivity contribution in [2.75, 3.05) is 13.7 Å². The zero-order valence-electron chi connectivity index (χ0n) is 23.4. The Balaban J connectivity index is 1.41. The number of benzene rings is 1. The van der Waals surface area contributed by atoms with E-state index < -0.39 is 24.2 Å². The molecule has 0 radical (unpaired) electrons. The van der Waals surface area contributed by atoms with Gasteiger partial charge in [0.05, 0.1) is 26.2 Å². The molecule has 3 heterocycles. The third kappa shape index (κ3) is 6.32. The van der Waals surface area contributed by atoms with Crippen LogP contribution in [0.15, 0.2) is 24.3 Å². The van der Waals surface area contributed by atoms with Crippen molar-refractivity contribution in [3.63, 3.8) is 0 Å². The molecule has 1 saturated heterocycles. The van der Waals surface area contributed by atoms with E-state index in [1.165, 1.54) is 13.5 Å². The van der Waals surface area contributed by atoms with Gasteiger partial charge >= 0.3 is 12.1 Å². The molecule has 5 rings (SSSR count). The van der Waals surface area contributed by atoms with Crippen molar-refractivity contribution in [2.45, 2.75) is 108 Å². The van der Waals surface area contributed by atoms with Crippen LogP contribution < -0.4 is 5.32 Å². The SMILES string of the molecule is COC(=O)[C@@H]1C[C@@H]2CN1C(=O)[C@H](C1CCCCC1)N[C@H](C)CCCC/C=C/c1cccc3c1CN(C3)C(=O)O2. The first kappa shape index (κ1) is 27.7. The molecule has 0 aromatic heterocycles. The monoisotopic (exact) mass is 537 g/mol. The number of nitrogens with zero attached hydrogens (tertiary/aromatic N) is 2. The van der Waals surface area contributed by atoms with Crippen LogP contribution in [0.2, 0.25) is 0 Å². The molecule has 8 nitrogen and oxygen atoms in total. The summed E-state index contributed by atoms with van der Waals surface area (Å²) in [7, 11) is 1.35. The molecule has 0 unspecified atom stereocenters. The maximum Gasteiger partial charge on any atom is 0.410 e. The second-order valence-corrected chi connectivity index (χ2v) is 11.7. The fraction of sp³-hybridized carbons (Fsp3) is 0.645. The summed E-state index contributed by atoms with van der Waals surface area (Å²) in [6.45, 7) is 3.36. The number of methoxy groups -OCH3 is 1. The molecule has 4 atom stereocenters. The molecule has 1 N–H and O–H groups in total. The molecular formula is C31H43N3O5. The second-order valence-electron chi connectivity index (χ2n) is 11.7. The molecule has 1 saturated carbocycles. The van der Waals surface area contributed by atoms with E-state index in [-0.39, 0.29) is 36.9 Å². The van der Waals surface area contributed by atoms with E-state index in [2.05, 4.69) is 36.5 Å². The smallest absolute Gasteiger partial charge is 0.410 e. The van der Waals surface area contributed by atoms with Crippen molar-refractivity contribution in [3.05, 3.63) is 41.0 Å². The normalized spacial score (nSPS) is 29.8. The van der Waals surface area contributed by atoms with Crippen molar-refractivity contribution in [3.8, 4) is 0 Å². The zero-order chi connectivity index (χ0) is 27.4. The molecule has 8 heteroatoms. The Morgan fingerprint density at radius 3 is 2.64 bits per heavy atom. The standard InChI is InChI=1S/C31H43N3O5/c1-21-11-6-3-4-7-12-22-15-10-16-24-18-33(20-26(22)24)31(37)39-25-17-27(30(36)38-2)34(19-25)29(35)28(32-21)23-13-8-5-9-14-23/h7,10,12,15-16,21,23,25,27-28,32H,3-6,8-9,11,13-14,17-20H2,1-2H3/b12-7+/t21-,25-,27+,28+/m1/s1. The minimum atomic E-state index is -0.749. The van der Waals surface area contributed by atoms with Gasteiger partial charge in [0.1, 0.15) is 12.1 Å². The Morgan fingerprint density at radius 2 is 1.85 bits per heavy atom. The minimum Gasteiger partial charge on any atom is -0.467 e. The predicted molar refractivity (Wildman–Crippen MR) is 149 cm³/mol. The summed E-state index contributed by atoms with van der Waals surface area (Å²) in [5.41, 5.74) is 3.44. The first-order valence-electron chi connectivity index (χ1n) is 14.8. The largest absolute Gasteiger partial charge is 0.467 e. The van der Waals surface area contributed by atoms with Crippen LogP contribution >= 0.6 is 0 Å². The third-order valence-corrected chi connectivity index (χ3v) is 8.97. The van der Waals surface area contributed by atoms with Crippen LogP contribution in [0, 0.1) is 5.92 Å². The molecule has 1 aromatic carbocycles. The minimum absolute atomic E-state index is 0.0678. The Labute approximate surface area is 232 Å². The molecule has 1 aliphatic carbocycles. The van der Waals surface area contributed by atoms with Crippen LogP contribution in [0.25, 0.3) is 6.08 Å². The van der Waals surface area contributed by atoms with Crippen LogP contribution in [-0.2, 0) is 32.2 Å². The van der Waals surface area contributed by atoms with Crippen LogP contribution in [-0.4, -0.2) is 65.7 Å². The number of ether oxygens (including phenoxy) is 2. The summed E-state index contributed by atoms with van der Waals surface area (Å²) in [6.07, 6.45) is 13.3. The van der Waals surface area contributed by atoms with Gasteiger partial charge in [-0.3, -0.25) is 9.69 Å². The van der Waals surface area contributed by atoms with Gasteiger partial charge in [0.25, 0.3) is 0 Å². The summed E-state index contributed by atoms with van der Waals surface area (Å²) >= 11 is 0. The van der Waals surface area contributed by atoms with Crippen LogP contribution in [0.5, 0.6) is 0 Å². The molecule has 2 amide bonds. The van der Waals surface area contributed by atoms with Crippen LogP contribution in [0.3, 0.4) is 0 Å². The molecule has 3 aliphatic heterocycles. The summed E-state index contributed by atoms with van der Waals surface area (Å²) in [5.74, 6) is -0.284. The number of esters is 1. The van der Waals surface area contributed by atoms with Crippen molar-refractivity contribution in [1.29, 1.82) is 0 Å². The van der Waals surface area contributed by atoms with E-state index >= 15 is 0 Å². The van der Waals surface area contributed by atoms with Crippen molar-refractivity contribution in [2.24, 2.45) is 5.92 Å². The van der Waals surface area contributed by atoms with Gasteiger partial charge in [-0.15, -0.1) is 0 Å². The first-order valence-corrected chi connectivity index (χ1v) is 14.8. The number of carbonyl (C=O) groups excluding carboxylic acids is 3. The Morgan fingerprint density at radius 1 is 1.05 bits per heavy atom. The highest BCUT2D eigenvalue weighted by atomic mass is 16.6. The summed E-state index contributed by atoms with van der Waals surface area (Å²) < 4.78 is 11.0. The number of hydrogen-bond acceptors (Lipinski definition) is 6. The Kier molecular flexibility index (Phi) is 8.90. The van der Waals surface area contributed by atoms with E-state index in [4.69, 9.17) is 9.47 Å². The van der Waals surface area contributed by atoms with Gasteiger partial charge in [-0.2, -0.15) is 0 Å². The molecule has 1 aromatic rings. The lowest BCUT2D eigenvalue weighted by Gasteiger charge is -2.36. The first-order chi connectivity index (χ1) is 18.9. The maximum absolute atomic E-state index is 14.1. The Hall–Kier alpha value is -2.87. The van der Waals surface area contributed by atoms with E-state index in [9.17, 15) is 14.4 Å². The van der Waals surface area contributed by atoms with Gasteiger partial charge in [0, 0.05) is 19.0 Å². The van der Waals surface area contributed by atoms with E-state index in [0.29, 0.717) is 13.1 Å². The average Bonchev–Trinajstić information content (AvgIpc) is 3.58. The number of fused-ring (bicyclic) bond motifs is 3. The number of rotatable bonds is 2. The van der Waals surface area contributed by atoms with Crippen LogP contribution in [0.1, 0.15) is 87.8 Å². The number of hydrogen-bond donors (Lipinski definition) is 1. The number of amides is 2. The van der Waals surface area contributed by atoms with Gasteiger partial charge in [0.2, 0.25) is 5.91 Å². The van der Waals surface area contributed by atoms with Gasteiger partial charge in [-0.1, -0.05) is 56.0 Å². The molecule has 39 heavy (non-hydrogen) atoms.